The highest BCUT2D eigenvalue weighted by molar-refractivity contribution is 7.89. The van der Waals surface area contributed by atoms with Gasteiger partial charge in [-0.3, -0.25) is 14.9 Å². The third-order valence-corrected chi connectivity index (χ3v) is 8.92. The number of esters is 1. The van der Waals surface area contributed by atoms with Crippen LogP contribution in [0, 0.1) is 5.92 Å². The highest BCUT2D eigenvalue weighted by atomic mass is 32.2. The van der Waals surface area contributed by atoms with Gasteiger partial charge in [-0.15, -0.1) is 10.2 Å². The van der Waals surface area contributed by atoms with Crippen molar-refractivity contribution in [3.05, 3.63) is 35.3 Å². The van der Waals surface area contributed by atoms with Gasteiger partial charge in [0.25, 0.3) is 0 Å². The molecule has 210 valence electrons. The van der Waals surface area contributed by atoms with Gasteiger partial charge < -0.3 is 9.47 Å². The minimum atomic E-state index is -3.91. The summed E-state index contributed by atoms with van der Waals surface area (Å²) in [6, 6.07) is 6.46. The molecule has 38 heavy (non-hydrogen) atoms. The number of nitrogens with one attached hydrogen (secondary N) is 1. The summed E-state index contributed by atoms with van der Waals surface area (Å²) >= 11 is 1.25. The molecular weight excluding hydrogens is 528 g/mol. The van der Waals surface area contributed by atoms with E-state index in [1.54, 1.807) is 38.4 Å². The van der Waals surface area contributed by atoms with Crippen molar-refractivity contribution in [1.29, 1.82) is 0 Å². The Morgan fingerprint density at radius 2 is 1.84 bits per heavy atom. The zero-order valence-electron chi connectivity index (χ0n) is 22.5. The molecule has 1 N–H and O–H groups in total. The molecule has 1 saturated carbocycles. The van der Waals surface area contributed by atoms with E-state index >= 15 is 0 Å². The van der Waals surface area contributed by atoms with E-state index in [0.29, 0.717) is 17.5 Å². The monoisotopic (exact) mass is 566 g/mol. The van der Waals surface area contributed by atoms with Crippen molar-refractivity contribution in [3.8, 4) is 0 Å². The van der Waals surface area contributed by atoms with Gasteiger partial charge in [0.15, 0.2) is 0 Å². The maximum Gasteiger partial charge on any atom is 0.307 e. The molecule has 1 fully saturated rings. The normalized spacial score (nSPS) is 15.5. The molecule has 1 aliphatic rings. The lowest BCUT2D eigenvalue weighted by molar-refractivity contribution is -0.154. The quantitative estimate of drug-likeness (QED) is 0.357. The number of anilines is 1. The van der Waals surface area contributed by atoms with Gasteiger partial charge in [0.2, 0.25) is 21.1 Å². The van der Waals surface area contributed by atoms with Crippen molar-refractivity contribution in [1.82, 2.24) is 14.5 Å². The van der Waals surface area contributed by atoms with Crippen LogP contribution in [-0.4, -0.2) is 67.2 Å². The van der Waals surface area contributed by atoms with Crippen LogP contribution in [0.1, 0.15) is 70.8 Å². The van der Waals surface area contributed by atoms with Crippen LogP contribution in [0.2, 0.25) is 0 Å². The molecule has 1 heterocycles. The minimum Gasteiger partial charge on any atom is -0.460 e. The average Bonchev–Trinajstić information content (AvgIpc) is 3.56. The second kappa shape index (κ2) is 13.6. The molecule has 0 aliphatic heterocycles. The molecule has 1 unspecified atom stereocenters. The van der Waals surface area contributed by atoms with Crippen molar-refractivity contribution in [3.63, 3.8) is 0 Å². The standard InChI is InChI=1S/C26H38N4O6S2/c1-26(2,3)36-23(31)13-14-30(15-16-35-4)38(33,34)21-11-9-20(10-12-21)22(17-19-7-5-6-8-19)24(32)28-25-29-27-18-37-25/h9-12,18-19,22H,5-8,13-17H2,1-4H3,(H,28,29,32). The first kappa shape index (κ1) is 30.1. The fourth-order valence-electron chi connectivity index (χ4n) is 4.57. The van der Waals surface area contributed by atoms with E-state index in [1.807, 2.05) is 0 Å². The fourth-order valence-corrected chi connectivity index (χ4v) is 6.44. The lowest BCUT2D eigenvalue weighted by Crippen LogP contribution is -2.36. The van der Waals surface area contributed by atoms with Gasteiger partial charge in [-0.25, -0.2) is 8.42 Å². The number of carbonyl (C=O) groups excluding carboxylic acids is 2. The second-order valence-electron chi connectivity index (χ2n) is 10.5. The first-order valence-corrected chi connectivity index (χ1v) is 15.2. The number of methoxy groups -OCH3 is 1. The number of hydrogen-bond acceptors (Lipinski definition) is 9. The molecule has 1 aromatic heterocycles. The number of nitrogens with zero attached hydrogens (tertiary/aromatic N) is 3. The van der Waals surface area contributed by atoms with Crippen LogP contribution < -0.4 is 5.32 Å². The number of rotatable bonds is 13. The summed E-state index contributed by atoms with van der Waals surface area (Å²) in [7, 11) is -2.42. The predicted octanol–water partition coefficient (Wildman–Crippen LogP) is 4.21. The number of carbonyl (C=O) groups is 2. The Kier molecular flexibility index (Phi) is 10.8. The van der Waals surface area contributed by atoms with Crippen molar-refractivity contribution in [2.75, 3.05) is 32.1 Å². The van der Waals surface area contributed by atoms with E-state index < -0.39 is 27.5 Å². The first-order chi connectivity index (χ1) is 18.0. The Balaban J connectivity index is 1.78. The molecule has 3 rings (SSSR count). The lowest BCUT2D eigenvalue weighted by atomic mass is 9.87. The third kappa shape index (κ3) is 8.82. The van der Waals surface area contributed by atoms with E-state index in [9.17, 15) is 18.0 Å². The van der Waals surface area contributed by atoms with Gasteiger partial charge in [-0.2, -0.15) is 4.31 Å². The van der Waals surface area contributed by atoms with Crippen LogP contribution in [0.5, 0.6) is 0 Å². The van der Waals surface area contributed by atoms with Crippen molar-refractivity contribution < 1.29 is 27.5 Å². The smallest absolute Gasteiger partial charge is 0.307 e. The van der Waals surface area contributed by atoms with E-state index in [0.717, 1.165) is 31.2 Å². The average molecular weight is 567 g/mol. The Hall–Kier alpha value is -2.41. The summed E-state index contributed by atoms with van der Waals surface area (Å²) in [5.41, 5.74) is 1.65. The van der Waals surface area contributed by atoms with Crippen molar-refractivity contribution in [2.24, 2.45) is 5.92 Å². The summed E-state index contributed by atoms with van der Waals surface area (Å²) < 4.78 is 38.6. The molecule has 0 saturated heterocycles. The molecular formula is C26H38N4O6S2. The van der Waals surface area contributed by atoms with Gasteiger partial charge in [0, 0.05) is 20.2 Å². The molecule has 12 heteroatoms. The Morgan fingerprint density at radius 3 is 2.42 bits per heavy atom. The molecule has 0 bridgehead atoms. The maximum atomic E-state index is 13.5. The topological polar surface area (TPSA) is 128 Å². The van der Waals surface area contributed by atoms with Gasteiger partial charge >= 0.3 is 5.97 Å². The maximum absolute atomic E-state index is 13.5. The lowest BCUT2D eigenvalue weighted by Gasteiger charge is -2.24. The fraction of sp³-hybridized carbons (Fsp3) is 0.615. The number of sulfonamides is 1. The number of benzene rings is 1. The Labute approximate surface area is 229 Å². The predicted molar refractivity (Wildman–Crippen MR) is 145 cm³/mol. The van der Waals surface area contributed by atoms with Crippen LogP contribution in [-0.2, 0) is 29.1 Å². The third-order valence-electron chi connectivity index (χ3n) is 6.40. The van der Waals surface area contributed by atoms with Gasteiger partial charge in [0.05, 0.1) is 23.8 Å². The first-order valence-electron chi connectivity index (χ1n) is 12.9. The highest BCUT2D eigenvalue weighted by Crippen LogP contribution is 2.35. The second-order valence-corrected chi connectivity index (χ2v) is 13.2. The highest BCUT2D eigenvalue weighted by Gasteiger charge is 2.29. The molecule has 2 aromatic rings. The van der Waals surface area contributed by atoms with E-state index in [-0.39, 0.29) is 36.9 Å². The zero-order chi connectivity index (χ0) is 27.8. The zero-order valence-corrected chi connectivity index (χ0v) is 24.1. The van der Waals surface area contributed by atoms with Gasteiger partial charge in [-0.05, 0) is 50.8 Å². The Morgan fingerprint density at radius 1 is 1.16 bits per heavy atom. The molecule has 1 atom stereocenters. The van der Waals surface area contributed by atoms with Gasteiger partial charge in [-0.1, -0.05) is 49.2 Å². The van der Waals surface area contributed by atoms with E-state index in [1.165, 1.54) is 34.9 Å². The molecule has 1 aromatic carbocycles. The Bertz CT molecular complexity index is 1140. The van der Waals surface area contributed by atoms with Crippen LogP contribution >= 0.6 is 11.3 Å². The minimum absolute atomic E-state index is 0.0308. The summed E-state index contributed by atoms with van der Waals surface area (Å²) in [6.07, 6.45) is 5.10. The van der Waals surface area contributed by atoms with Crippen LogP contribution in [0.15, 0.2) is 34.7 Å². The summed E-state index contributed by atoms with van der Waals surface area (Å²) in [5, 5.41) is 11.0. The molecule has 0 radical (unpaired) electrons. The number of ether oxygens (including phenoxy) is 2. The SMILES string of the molecule is COCCN(CCC(=O)OC(C)(C)C)S(=O)(=O)c1ccc(C(CC2CCCC2)C(=O)Nc2nncs2)cc1. The van der Waals surface area contributed by atoms with E-state index in [2.05, 4.69) is 15.5 Å². The van der Waals surface area contributed by atoms with Crippen molar-refractivity contribution in [2.45, 2.75) is 75.7 Å². The molecule has 10 nitrogen and oxygen atoms in total. The van der Waals surface area contributed by atoms with Crippen LogP contribution in [0.25, 0.3) is 0 Å². The number of aromatic nitrogens is 2. The molecule has 1 amide bonds. The largest absolute Gasteiger partial charge is 0.460 e. The van der Waals surface area contributed by atoms with Gasteiger partial charge in [0.1, 0.15) is 11.1 Å². The van der Waals surface area contributed by atoms with Crippen LogP contribution in [0.4, 0.5) is 5.13 Å². The van der Waals surface area contributed by atoms with Crippen LogP contribution in [0.3, 0.4) is 0 Å². The number of amides is 1. The summed E-state index contributed by atoms with van der Waals surface area (Å²) in [6.45, 7) is 5.54. The summed E-state index contributed by atoms with van der Waals surface area (Å²) in [4.78, 5) is 25.5. The van der Waals surface area contributed by atoms with Crippen molar-refractivity contribution >= 4 is 38.4 Å². The summed E-state index contributed by atoms with van der Waals surface area (Å²) in [5.74, 6) is -0.638. The molecule has 1 aliphatic carbocycles. The molecule has 0 spiro atoms. The van der Waals surface area contributed by atoms with E-state index in [4.69, 9.17) is 9.47 Å². The number of hydrogen-bond donors (Lipinski definition) is 1.